The van der Waals surface area contributed by atoms with E-state index in [1.54, 1.807) is 0 Å². The lowest BCUT2D eigenvalue weighted by atomic mass is 9.87. The number of urea groups is 1. The summed E-state index contributed by atoms with van der Waals surface area (Å²) >= 11 is 0. The van der Waals surface area contributed by atoms with Crippen LogP contribution in [-0.2, 0) is 10.3 Å². The number of carbonyl (C=O) groups excluding carboxylic acids is 2. The van der Waals surface area contributed by atoms with Gasteiger partial charge >= 0.3 is 6.03 Å². The van der Waals surface area contributed by atoms with Gasteiger partial charge in [0.25, 0.3) is 5.91 Å². The summed E-state index contributed by atoms with van der Waals surface area (Å²) in [5.74, 6) is 0.0391. The van der Waals surface area contributed by atoms with Crippen LogP contribution in [0.4, 0.5) is 9.18 Å². The van der Waals surface area contributed by atoms with Crippen molar-refractivity contribution in [1.82, 2.24) is 10.2 Å². The third-order valence-corrected chi connectivity index (χ3v) is 5.01. The molecule has 1 aliphatic heterocycles. The third-order valence-electron chi connectivity index (χ3n) is 5.01. The molecule has 1 saturated heterocycles. The molecule has 0 spiro atoms. The SMILES string of the molecule is CCC1(c2ccc(F)cc2)NC(=O)N(CCOc2c(C)cccc2C)C1=O. The predicted molar refractivity (Wildman–Crippen MR) is 100 cm³/mol. The van der Waals surface area contributed by atoms with Gasteiger partial charge in [-0.3, -0.25) is 9.69 Å². The molecule has 1 aliphatic rings. The molecule has 27 heavy (non-hydrogen) atoms. The highest BCUT2D eigenvalue weighted by molar-refractivity contribution is 6.07. The lowest BCUT2D eigenvalue weighted by Gasteiger charge is -2.25. The number of ether oxygens (including phenoxy) is 1. The summed E-state index contributed by atoms with van der Waals surface area (Å²) in [5.41, 5.74) is 1.41. The van der Waals surface area contributed by atoms with E-state index in [-0.39, 0.29) is 24.9 Å². The summed E-state index contributed by atoms with van der Waals surface area (Å²) in [4.78, 5) is 26.6. The van der Waals surface area contributed by atoms with Crippen molar-refractivity contribution < 1.29 is 18.7 Å². The first-order chi connectivity index (χ1) is 12.9. The first kappa shape index (κ1) is 18.9. The summed E-state index contributed by atoms with van der Waals surface area (Å²) in [5, 5.41) is 2.78. The van der Waals surface area contributed by atoms with Crippen molar-refractivity contribution in [2.45, 2.75) is 32.7 Å². The predicted octanol–water partition coefficient (Wildman–Crippen LogP) is 3.68. The molecule has 0 radical (unpaired) electrons. The molecule has 6 heteroatoms. The van der Waals surface area contributed by atoms with Crippen LogP contribution in [-0.4, -0.2) is 30.0 Å². The highest BCUT2D eigenvalue weighted by atomic mass is 19.1. The van der Waals surface area contributed by atoms with Gasteiger partial charge in [0, 0.05) is 0 Å². The molecule has 0 saturated carbocycles. The van der Waals surface area contributed by atoms with Gasteiger partial charge in [0.1, 0.15) is 23.7 Å². The molecular formula is C21H23FN2O3. The van der Waals surface area contributed by atoms with E-state index >= 15 is 0 Å². The van der Waals surface area contributed by atoms with Gasteiger partial charge in [-0.05, 0) is 49.1 Å². The molecule has 1 unspecified atom stereocenters. The molecule has 0 aliphatic carbocycles. The van der Waals surface area contributed by atoms with Crippen molar-refractivity contribution in [3.63, 3.8) is 0 Å². The molecular weight excluding hydrogens is 347 g/mol. The molecule has 2 aromatic carbocycles. The van der Waals surface area contributed by atoms with Crippen LogP contribution in [0.15, 0.2) is 42.5 Å². The van der Waals surface area contributed by atoms with Crippen LogP contribution in [0.2, 0.25) is 0 Å². The number of nitrogens with one attached hydrogen (secondary N) is 1. The lowest BCUT2D eigenvalue weighted by Crippen LogP contribution is -2.43. The molecule has 3 amide bonds. The van der Waals surface area contributed by atoms with Crippen molar-refractivity contribution in [2.75, 3.05) is 13.2 Å². The van der Waals surface area contributed by atoms with Gasteiger partial charge in [-0.25, -0.2) is 9.18 Å². The van der Waals surface area contributed by atoms with E-state index in [9.17, 15) is 14.0 Å². The number of benzene rings is 2. The third kappa shape index (κ3) is 3.39. The minimum atomic E-state index is -1.16. The number of carbonyl (C=O) groups is 2. The molecule has 1 N–H and O–H groups in total. The number of amides is 3. The van der Waals surface area contributed by atoms with Crippen LogP contribution in [0.3, 0.4) is 0 Å². The second-order valence-corrected chi connectivity index (χ2v) is 6.72. The second kappa shape index (κ2) is 7.39. The van der Waals surface area contributed by atoms with Crippen molar-refractivity contribution in [3.8, 4) is 5.75 Å². The van der Waals surface area contributed by atoms with Crippen LogP contribution >= 0.6 is 0 Å². The number of aryl methyl sites for hydroxylation is 2. The zero-order chi connectivity index (χ0) is 19.6. The maximum absolute atomic E-state index is 13.2. The molecule has 1 fully saturated rings. The van der Waals surface area contributed by atoms with Gasteiger partial charge < -0.3 is 10.1 Å². The molecule has 1 atom stereocenters. The number of hydrogen-bond donors (Lipinski definition) is 1. The van der Waals surface area contributed by atoms with Crippen LogP contribution in [0.5, 0.6) is 5.75 Å². The average Bonchev–Trinajstić information content (AvgIpc) is 2.89. The number of hydrogen-bond acceptors (Lipinski definition) is 3. The number of halogens is 1. The molecule has 3 rings (SSSR count). The highest BCUT2D eigenvalue weighted by Gasteiger charge is 2.51. The number of para-hydroxylation sites is 1. The zero-order valence-electron chi connectivity index (χ0n) is 15.7. The Morgan fingerprint density at radius 2 is 1.70 bits per heavy atom. The Bertz CT molecular complexity index is 846. The van der Waals surface area contributed by atoms with Gasteiger partial charge in [-0.2, -0.15) is 0 Å². The Labute approximate surface area is 158 Å². The van der Waals surface area contributed by atoms with Crippen LogP contribution < -0.4 is 10.1 Å². The first-order valence-electron chi connectivity index (χ1n) is 8.98. The van der Waals surface area contributed by atoms with Gasteiger partial charge in [-0.15, -0.1) is 0 Å². The van der Waals surface area contributed by atoms with E-state index in [0.29, 0.717) is 12.0 Å². The molecule has 0 aromatic heterocycles. The van der Waals surface area contributed by atoms with E-state index in [2.05, 4.69) is 5.32 Å². The lowest BCUT2D eigenvalue weighted by molar-refractivity contribution is -0.132. The fourth-order valence-electron chi connectivity index (χ4n) is 3.47. The highest BCUT2D eigenvalue weighted by Crippen LogP contribution is 2.32. The van der Waals surface area contributed by atoms with Crippen LogP contribution in [0.25, 0.3) is 0 Å². The molecule has 1 heterocycles. The van der Waals surface area contributed by atoms with E-state index in [0.717, 1.165) is 16.9 Å². The Morgan fingerprint density at radius 3 is 2.30 bits per heavy atom. The molecule has 142 valence electrons. The Hall–Kier alpha value is -2.89. The summed E-state index contributed by atoms with van der Waals surface area (Å²) in [6.45, 7) is 6.06. The Kier molecular flexibility index (Phi) is 5.17. The fraction of sp³-hybridized carbons (Fsp3) is 0.333. The number of imide groups is 1. The van der Waals surface area contributed by atoms with Crippen LogP contribution in [0, 0.1) is 19.7 Å². The van der Waals surface area contributed by atoms with E-state index in [1.165, 1.54) is 29.2 Å². The van der Waals surface area contributed by atoms with Gasteiger partial charge in [0.15, 0.2) is 0 Å². The number of rotatable bonds is 6. The largest absolute Gasteiger partial charge is 0.491 e. The van der Waals surface area contributed by atoms with Crippen molar-refractivity contribution >= 4 is 11.9 Å². The maximum Gasteiger partial charge on any atom is 0.325 e. The standard InChI is InChI=1S/C21H23FN2O3/c1-4-21(16-8-10-17(22)11-9-16)19(25)24(20(26)23-21)12-13-27-18-14(2)6-5-7-15(18)3/h5-11H,4,12-13H2,1-3H3,(H,23,26). The van der Waals surface area contributed by atoms with Gasteiger partial charge in [0.05, 0.1) is 6.54 Å². The molecule has 0 bridgehead atoms. The van der Waals surface area contributed by atoms with E-state index in [1.807, 2.05) is 39.0 Å². The monoisotopic (exact) mass is 370 g/mol. The summed E-state index contributed by atoms with van der Waals surface area (Å²) in [7, 11) is 0. The first-order valence-corrected chi connectivity index (χ1v) is 8.98. The van der Waals surface area contributed by atoms with E-state index < -0.39 is 11.6 Å². The van der Waals surface area contributed by atoms with Crippen molar-refractivity contribution in [2.24, 2.45) is 0 Å². The Morgan fingerprint density at radius 1 is 1.07 bits per heavy atom. The van der Waals surface area contributed by atoms with Crippen molar-refractivity contribution in [3.05, 3.63) is 65.0 Å². The summed E-state index contributed by atoms with van der Waals surface area (Å²) in [6, 6.07) is 11.0. The Balaban J connectivity index is 1.75. The normalized spacial score (nSPS) is 19.3. The van der Waals surface area contributed by atoms with E-state index in [4.69, 9.17) is 4.74 Å². The van der Waals surface area contributed by atoms with Gasteiger partial charge in [0.2, 0.25) is 0 Å². The average molecular weight is 370 g/mol. The smallest absolute Gasteiger partial charge is 0.325 e. The minimum absolute atomic E-state index is 0.140. The van der Waals surface area contributed by atoms with Gasteiger partial charge in [-0.1, -0.05) is 37.3 Å². The topological polar surface area (TPSA) is 58.6 Å². The summed E-state index contributed by atoms with van der Waals surface area (Å²) in [6.07, 6.45) is 0.372. The maximum atomic E-state index is 13.2. The second-order valence-electron chi connectivity index (χ2n) is 6.72. The summed E-state index contributed by atoms with van der Waals surface area (Å²) < 4.78 is 19.1. The zero-order valence-corrected chi connectivity index (χ0v) is 15.7. The van der Waals surface area contributed by atoms with Crippen molar-refractivity contribution in [1.29, 1.82) is 0 Å². The quantitative estimate of drug-likeness (QED) is 0.789. The minimum Gasteiger partial charge on any atom is -0.491 e. The fourth-order valence-corrected chi connectivity index (χ4v) is 3.47. The molecule has 5 nitrogen and oxygen atoms in total. The molecule has 2 aromatic rings. The number of nitrogens with zero attached hydrogens (tertiary/aromatic N) is 1. The van der Waals surface area contributed by atoms with Crippen LogP contribution in [0.1, 0.15) is 30.0 Å².